The van der Waals surface area contributed by atoms with E-state index < -0.39 is 6.02 Å². The van der Waals surface area contributed by atoms with Gasteiger partial charge in [-0.25, -0.2) is 4.39 Å². The molecule has 0 bridgehead atoms. The van der Waals surface area contributed by atoms with Crippen LogP contribution in [0.3, 0.4) is 0 Å². The number of benzene rings is 4. The van der Waals surface area contributed by atoms with E-state index in [-0.39, 0.29) is 5.82 Å². The summed E-state index contributed by atoms with van der Waals surface area (Å²) in [5.41, 5.74) is 10.4. The highest BCUT2D eigenvalue weighted by Gasteiger charge is 2.32. The van der Waals surface area contributed by atoms with E-state index in [1.165, 1.54) is 18.3 Å². The van der Waals surface area contributed by atoms with Crippen molar-refractivity contribution in [3.05, 3.63) is 124 Å². The molecule has 1 atom stereocenters. The maximum absolute atomic E-state index is 13.9. The van der Waals surface area contributed by atoms with Crippen molar-refractivity contribution in [1.82, 2.24) is 21.0 Å². The van der Waals surface area contributed by atoms with Gasteiger partial charge >= 0.3 is 0 Å². The van der Waals surface area contributed by atoms with Crippen molar-refractivity contribution < 1.29 is 5.76 Å². The van der Waals surface area contributed by atoms with E-state index in [2.05, 4.69) is 63.0 Å². The van der Waals surface area contributed by atoms with Crippen molar-refractivity contribution in [3.63, 3.8) is 0 Å². The molecule has 2 heterocycles. The van der Waals surface area contributed by atoms with Gasteiger partial charge in [-0.3, -0.25) is 9.99 Å². The number of fused-ring (bicyclic) bond motifs is 2. The minimum absolute atomic E-state index is 0.365. The van der Waals surface area contributed by atoms with Crippen LogP contribution in [0.1, 0.15) is 36.9 Å². The smallest absolute Gasteiger partial charge is 0.123 e. The normalized spacial score (nSPS) is 16.4. The first-order valence-electron chi connectivity index (χ1n) is 14.2. The Hall–Kier alpha value is -4.84. The summed E-state index contributed by atoms with van der Waals surface area (Å²) in [6.07, 6.45) is 5.52. The molecule has 1 saturated carbocycles. The van der Waals surface area contributed by atoms with E-state index in [9.17, 15) is 11.0 Å². The van der Waals surface area contributed by atoms with Gasteiger partial charge < -0.3 is 16.1 Å². The van der Waals surface area contributed by atoms with Gasteiger partial charge in [-0.1, -0.05) is 60.1 Å². The Balaban J connectivity index is 1.27. The molecule has 1 fully saturated rings. The number of pyridine rings is 1. The van der Waals surface area contributed by atoms with Crippen molar-refractivity contribution in [2.75, 3.05) is 10.6 Å². The molecule has 1 aromatic heterocycles. The molecule has 4 aromatic carbocycles. The minimum Gasteiger partial charge on any atom is -0.379 e. The molecule has 0 spiro atoms. The highest BCUT2D eigenvalue weighted by molar-refractivity contribution is 6.35. The molecule has 4 N–H and O–H groups in total. The zero-order valence-electron chi connectivity index (χ0n) is 23.5. The highest BCUT2D eigenvalue weighted by Crippen LogP contribution is 2.37. The summed E-state index contributed by atoms with van der Waals surface area (Å²) < 4.78 is 23.5. The Kier molecular flexibility index (Phi) is 6.44. The monoisotopic (exact) mass is 576 g/mol. The molecule has 1 aliphatic carbocycles. The first-order valence-corrected chi connectivity index (χ1v) is 14.1. The van der Waals surface area contributed by atoms with Crippen LogP contribution < -0.4 is 21.6 Å². The fraction of sp³-hybridized carbons (Fsp3) is 0.152. The molecule has 2 aliphatic rings. The lowest BCUT2D eigenvalue weighted by Crippen LogP contribution is -2.38. The quantitative estimate of drug-likeness (QED) is 0.156. The molecule has 0 unspecified atom stereocenters. The number of nitriles is 1. The number of hydrogen-bond acceptors (Lipinski definition) is 7. The fourth-order valence-electron chi connectivity index (χ4n) is 5.21. The van der Waals surface area contributed by atoms with Crippen molar-refractivity contribution >= 4 is 44.7 Å². The zero-order chi connectivity index (χ0) is 29.6. The average Bonchev–Trinajstić information content (AvgIpc) is 3.75. The summed E-state index contributed by atoms with van der Waals surface area (Å²) in [6.45, 7) is 0.478. The van der Waals surface area contributed by atoms with Crippen LogP contribution in [0.15, 0.2) is 97.0 Å². The Bertz CT molecular complexity index is 1940. The first-order chi connectivity index (χ1) is 20.9. The van der Waals surface area contributed by atoms with Gasteiger partial charge in [0.1, 0.15) is 11.9 Å². The number of hydrazine groups is 2. The second-order valence-corrected chi connectivity index (χ2v) is 10.9. The molecule has 7 rings (SSSR count). The van der Waals surface area contributed by atoms with Gasteiger partial charge in [0.2, 0.25) is 0 Å². The van der Waals surface area contributed by atoms with E-state index in [1.54, 1.807) is 18.2 Å². The molecule has 7 nitrogen and oxygen atoms in total. The van der Waals surface area contributed by atoms with Gasteiger partial charge in [0.25, 0.3) is 0 Å². The third-order valence-corrected chi connectivity index (χ3v) is 7.82. The van der Waals surface area contributed by atoms with Crippen molar-refractivity contribution in [2.45, 2.75) is 31.4 Å². The molecule has 9 heteroatoms. The maximum atomic E-state index is 13.9. The van der Waals surface area contributed by atoms with Crippen LogP contribution >= 0.6 is 11.6 Å². The van der Waals surface area contributed by atoms with E-state index in [0.717, 1.165) is 29.2 Å². The van der Waals surface area contributed by atoms with E-state index in [1.807, 2.05) is 29.4 Å². The Morgan fingerprint density at radius 1 is 1.10 bits per heavy atom. The largest absolute Gasteiger partial charge is 0.379 e. The Labute approximate surface area is 249 Å². The third kappa shape index (κ3) is 5.16. The Morgan fingerprint density at radius 3 is 2.69 bits per heavy atom. The number of anilines is 2. The van der Waals surface area contributed by atoms with Crippen LogP contribution in [-0.4, -0.2) is 16.0 Å². The van der Waals surface area contributed by atoms with Crippen molar-refractivity contribution in [2.24, 2.45) is 0 Å². The predicted molar refractivity (Wildman–Crippen MR) is 165 cm³/mol. The summed E-state index contributed by atoms with van der Waals surface area (Å²) >= 11 is 6.77. The standard InChI is InChI=1S/C33H27ClFN7/c34-29-15-26(39-32(22-7-9-25(35)10-8-22)30-19-42(41-40-30)27-11-12-27)14-28-31(24(16-36)18-38-33(28)29)37-17-20-5-6-21-3-1-2-4-23(21)13-20/h1-10,13-15,18-19,27,32,39-41H,11-12,17H2,(H,37,38)/t32-/m1/s1/i32D. The summed E-state index contributed by atoms with van der Waals surface area (Å²) in [4.78, 5) is 4.48. The number of rotatable bonds is 8. The van der Waals surface area contributed by atoms with E-state index in [4.69, 9.17) is 11.6 Å². The lowest BCUT2D eigenvalue weighted by atomic mass is 10.0. The third-order valence-electron chi connectivity index (χ3n) is 7.53. The first kappa shape index (κ1) is 24.9. The molecular formula is C33H27ClFN7. The minimum atomic E-state index is -1.53. The lowest BCUT2D eigenvalue weighted by Gasteiger charge is -2.22. The Morgan fingerprint density at radius 2 is 1.90 bits per heavy atom. The molecule has 0 radical (unpaired) electrons. The van der Waals surface area contributed by atoms with Gasteiger partial charge in [-0.2, -0.15) is 5.26 Å². The fourth-order valence-corrected chi connectivity index (χ4v) is 5.48. The average molecular weight is 577 g/mol. The van der Waals surface area contributed by atoms with Crippen LogP contribution in [0.4, 0.5) is 15.8 Å². The van der Waals surface area contributed by atoms with Gasteiger partial charge in [-0.15, -0.1) is 5.53 Å². The van der Waals surface area contributed by atoms with Gasteiger partial charge in [0.05, 0.1) is 34.9 Å². The number of halogens is 2. The molecule has 0 amide bonds. The van der Waals surface area contributed by atoms with E-state index >= 15 is 0 Å². The number of nitrogens with zero attached hydrogens (tertiary/aromatic N) is 3. The summed E-state index contributed by atoms with van der Waals surface area (Å²) in [5, 5.41) is 22.0. The summed E-state index contributed by atoms with van der Waals surface area (Å²) in [6, 6.07) is 24.9. The van der Waals surface area contributed by atoms with Crippen LogP contribution in [-0.2, 0) is 6.54 Å². The second-order valence-electron chi connectivity index (χ2n) is 10.5. The van der Waals surface area contributed by atoms with Crippen molar-refractivity contribution in [1.29, 1.82) is 5.26 Å². The van der Waals surface area contributed by atoms with Crippen molar-refractivity contribution in [3.8, 4) is 6.07 Å². The molecule has 1 aliphatic heterocycles. The molecule has 0 saturated heterocycles. The zero-order valence-corrected chi connectivity index (χ0v) is 23.2. The van der Waals surface area contributed by atoms with Gasteiger partial charge in [-0.05, 0) is 65.1 Å². The SMILES string of the molecule is [2H][C@](Nc1cc(Cl)c2ncc(C#N)c(NCc3ccc4ccccc4c3)c2c1)(C1=CN(C2CC2)NN1)c1ccc(F)cc1. The lowest BCUT2D eigenvalue weighted by molar-refractivity contribution is 0.260. The number of nitrogens with one attached hydrogen (secondary N) is 4. The highest BCUT2D eigenvalue weighted by atomic mass is 35.5. The molecule has 5 aromatic rings. The number of aromatic nitrogens is 1. The predicted octanol–water partition coefficient (Wildman–Crippen LogP) is 7.15. The topological polar surface area (TPSA) is 88.0 Å². The van der Waals surface area contributed by atoms with Crippen LogP contribution in [0.25, 0.3) is 21.7 Å². The van der Waals surface area contributed by atoms with Crippen LogP contribution in [0.5, 0.6) is 0 Å². The maximum Gasteiger partial charge on any atom is 0.123 e. The van der Waals surface area contributed by atoms with E-state index in [0.29, 0.717) is 56.7 Å². The molecule has 208 valence electrons. The second kappa shape index (κ2) is 10.9. The van der Waals surface area contributed by atoms with Crippen LogP contribution in [0, 0.1) is 17.1 Å². The summed E-state index contributed by atoms with van der Waals surface area (Å²) in [7, 11) is 0. The van der Waals surface area contributed by atoms with Crippen LogP contribution in [0.2, 0.25) is 5.02 Å². The molecular weight excluding hydrogens is 549 g/mol. The number of hydrogen-bond donors (Lipinski definition) is 4. The van der Waals surface area contributed by atoms with Gasteiger partial charge in [0, 0.05) is 36.1 Å². The van der Waals surface area contributed by atoms with Gasteiger partial charge in [0.15, 0.2) is 0 Å². The summed E-state index contributed by atoms with van der Waals surface area (Å²) in [5.74, 6) is -0.386. The molecule has 42 heavy (non-hydrogen) atoms.